The van der Waals surface area contributed by atoms with E-state index in [0.717, 1.165) is 0 Å². The van der Waals surface area contributed by atoms with E-state index >= 15 is 0 Å². The second-order valence-corrected chi connectivity index (χ2v) is 7.39. The third-order valence-electron chi connectivity index (χ3n) is 3.46. The van der Waals surface area contributed by atoms with Gasteiger partial charge in [-0.1, -0.05) is 41.4 Å². The van der Waals surface area contributed by atoms with Gasteiger partial charge in [0.2, 0.25) is 0 Å². The summed E-state index contributed by atoms with van der Waals surface area (Å²) < 4.78 is 39.4. The van der Waals surface area contributed by atoms with E-state index in [1.165, 1.54) is 19.1 Å². The van der Waals surface area contributed by atoms with Crippen LogP contribution in [0.3, 0.4) is 0 Å². The summed E-state index contributed by atoms with van der Waals surface area (Å²) in [5.74, 6) is -0.897. The molecule has 27 heavy (non-hydrogen) atoms. The van der Waals surface area contributed by atoms with Crippen LogP contribution in [0.1, 0.15) is 20.4 Å². The number of pyridine rings is 1. The van der Waals surface area contributed by atoms with E-state index in [4.69, 9.17) is 23.2 Å². The van der Waals surface area contributed by atoms with Crippen molar-refractivity contribution in [3.05, 3.63) is 62.3 Å². The van der Waals surface area contributed by atoms with Crippen molar-refractivity contribution in [2.45, 2.75) is 13.1 Å². The van der Waals surface area contributed by atoms with E-state index in [2.05, 4.69) is 15.3 Å². The van der Waals surface area contributed by atoms with Gasteiger partial charge in [0.1, 0.15) is 15.2 Å². The summed E-state index contributed by atoms with van der Waals surface area (Å²) in [6.07, 6.45) is -4.72. The Labute approximate surface area is 166 Å². The van der Waals surface area contributed by atoms with Gasteiger partial charge in [-0.3, -0.25) is 4.79 Å². The molecule has 0 aliphatic rings. The van der Waals surface area contributed by atoms with E-state index in [9.17, 15) is 18.0 Å². The maximum atomic E-state index is 13.1. The number of aryl methyl sites for hydroxylation is 1. The SMILES string of the molecule is Cc1nc(C(F)(F)F)c(C(=O)Nc2ccccc2-c2cc(Cl)nc(Cl)c2)s1. The highest BCUT2D eigenvalue weighted by Gasteiger charge is 2.39. The Morgan fingerprint density at radius 2 is 1.74 bits per heavy atom. The highest BCUT2D eigenvalue weighted by Crippen LogP contribution is 2.36. The van der Waals surface area contributed by atoms with Crippen molar-refractivity contribution in [1.29, 1.82) is 0 Å². The van der Waals surface area contributed by atoms with Crippen LogP contribution >= 0.6 is 34.5 Å². The number of para-hydroxylation sites is 1. The number of anilines is 1. The summed E-state index contributed by atoms with van der Waals surface area (Å²) in [5.41, 5.74) is 0.203. The first-order valence-electron chi connectivity index (χ1n) is 7.43. The van der Waals surface area contributed by atoms with Crippen molar-refractivity contribution < 1.29 is 18.0 Å². The molecular weight excluding hydrogens is 422 g/mol. The number of amides is 1. The number of nitrogens with one attached hydrogen (secondary N) is 1. The minimum absolute atomic E-state index is 0.147. The van der Waals surface area contributed by atoms with E-state index in [1.54, 1.807) is 24.3 Å². The normalized spacial score (nSPS) is 11.5. The molecule has 1 aromatic carbocycles. The summed E-state index contributed by atoms with van der Waals surface area (Å²) in [4.78, 5) is 19.3. The molecule has 2 heterocycles. The molecule has 2 aromatic heterocycles. The van der Waals surface area contributed by atoms with Gasteiger partial charge < -0.3 is 5.32 Å². The molecule has 0 saturated heterocycles. The Morgan fingerprint density at radius 1 is 1.11 bits per heavy atom. The molecule has 0 aliphatic heterocycles. The lowest BCUT2D eigenvalue weighted by Crippen LogP contribution is -2.17. The quantitative estimate of drug-likeness (QED) is 0.510. The van der Waals surface area contributed by atoms with E-state index in [1.807, 2.05) is 0 Å². The van der Waals surface area contributed by atoms with Gasteiger partial charge in [-0.25, -0.2) is 9.97 Å². The van der Waals surface area contributed by atoms with E-state index < -0.39 is 22.7 Å². The number of nitrogens with zero attached hydrogens (tertiary/aromatic N) is 2. The van der Waals surface area contributed by atoms with Gasteiger partial charge in [-0.05, 0) is 30.7 Å². The van der Waals surface area contributed by atoms with Crippen molar-refractivity contribution in [3.63, 3.8) is 0 Å². The number of alkyl halides is 3. The van der Waals surface area contributed by atoms with Gasteiger partial charge in [0.15, 0.2) is 5.69 Å². The van der Waals surface area contributed by atoms with Crippen LogP contribution in [-0.2, 0) is 6.18 Å². The van der Waals surface area contributed by atoms with Crippen molar-refractivity contribution in [2.75, 3.05) is 5.32 Å². The molecule has 0 aliphatic carbocycles. The Morgan fingerprint density at radius 3 is 2.37 bits per heavy atom. The lowest BCUT2D eigenvalue weighted by molar-refractivity contribution is -0.141. The van der Waals surface area contributed by atoms with Crippen molar-refractivity contribution in [1.82, 2.24) is 9.97 Å². The molecule has 1 N–H and O–H groups in total. The minimum atomic E-state index is -4.72. The summed E-state index contributed by atoms with van der Waals surface area (Å²) >= 11 is 12.5. The first-order valence-corrected chi connectivity index (χ1v) is 9.01. The van der Waals surface area contributed by atoms with Gasteiger partial charge >= 0.3 is 6.18 Å². The summed E-state index contributed by atoms with van der Waals surface area (Å²) in [7, 11) is 0. The van der Waals surface area contributed by atoms with Crippen LogP contribution in [0.25, 0.3) is 11.1 Å². The fraction of sp³-hybridized carbons (Fsp3) is 0.118. The van der Waals surface area contributed by atoms with Crippen LogP contribution in [0.4, 0.5) is 18.9 Å². The molecule has 140 valence electrons. The molecule has 0 radical (unpaired) electrons. The number of hydrogen-bond acceptors (Lipinski definition) is 4. The molecule has 3 aromatic rings. The van der Waals surface area contributed by atoms with Crippen LogP contribution in [0.2, 0.25) is 10.3 Å². The zero-order valence-electron chi connectivity index (χ0n) is 13.6. The predicted octanol–water partition coefficient (Wildman–Crippen LogP) is 6.09. The zero-order chi connectivity index (χ0) is 19.8. The topological polar surface area (TPSA) is 54.9 Å². The molecule has 3 rings (SSSR count). The number of aromatic nitrogens is 2. The monoisotopic (exact) mass is 431 g/mol. The second-order valence-electron chi connectivity index (χ2n) is 5.41. The van der Waals surface area contributed by atoms with Gasteiger partial charge in [-0.15, -0.1) is 11.3 Å². The molecule has 0 atom stereocenters. The fourth-order valence-corrected chi connectivity index (χ4v) is 3.71. The number of halogens is 5. The van der Waals surface area contributed by atoms with Gasteiger partial charge in [0.25, 0.3) is 5.91 Å². The van der Waals surface area contributed by atoms with E-state index in [-0.39, 0.29) is 15.3 Å². The fourth-order valence-electron chi connectivity index (χ4n) is 2.42. The Bertz CT molecular complexity index is 1000. The smallest absolute Gasteiger partial charge is 0.321 e. The van der Waals surface area contributed by atoms with Crippen molar-refractivity contribution in [2.24, 2.45) is 0 Å². The highest BCUT2D eigenvalue weighted by atomic mass is 35.5. The number of carbonyl (C=O) groups is 1. The molecule has 1 amide bonds. The molecular formula is C17H10Cl2F3N3OS. The summed E-state index contributed by atoms with van der Waals surface area (Å²) in [6, 6.07) is 9.68. The molecule has 0 bridgehead atoms. The second kappa shape index (κ2) is 7.46. The van der Waals surface area contributed by atoms with Crippen LogP contribution in [0.5, 0.6) is 0 Å². The van der Waals surface area contributed by atoms with Crippen LogP contribution in [0.15, 0.2) is 36.4 Å². The zero-order valence-corrected chi connectivity index (χ0v) is 15.9. The van der Waals surface area contributed by atoms with Crippen LogP contribution in [-0.4, -0.2) is 15.9 Å². The Kier molecular flexibility index (Phi) is 5.41. The van der Waals surface area contributed by atoms with Crippen molar-refractivity contribution in [3.8, 4) is 11.1 Å². The number of carbonyl (C=O) groups excluding carboxylic acids is 1. The Balaban J connectivity index is 1.99. The first kappa shape index (κ1) is 19.6. The summed E-state index contributed by atoms with van der Waals surface area (Å²) in [5, 5.41) is 2.96. The average Bonchev–Trinajstić information content (AvgIpc) is 2.97. The number of rotatable bonds is 3. The minimum Gasteiger partial charge on any atom is -0.321 e. The Hall–Kier alpha value is -2.16. The number of hydrogen-bond donors (Lipinski definition) is 1. The third-order valence-corrected chi connectivity index (χ3v) is 4.81. The molecule has 10 heteroatoms. The predicted molar refractivity (Wildman–Crippen MR) is 99.5 cm³/mol. The van der Waals surface area contributed by atoms with E-state index in [0.29, 0.717) is 28.2 Å². The van der Waals surface area contributed by atoms with Gasteiger partial charge in [-0.2, -0.15) is 13.2 Å². The van der Waals surface area contributed by atoms with Gasteiger partial charge in [0, 0.05) is 11.3 Å². The molecule has 0 fully saturated rings. The molecule has 0 saturated carbocycles. The maximum absolute atomic E-state index is 13.1. The molecule has 0 unspecified atom stereocenters. The lowest BCUT2D eigenvalue weighted by atomic mass is 10.0. The van der Waals surface area contributed by atoms with Crippen LogP contribution in [0, 0.1) is 6.92 Å². The average molecular weight is 432 g/mol. The highest BCUT2D eigenvalue weighted by molar-refractivity contribution is 7.13. The summed E-state index contributed by atoms with van der Waals surface area (Å²) in [6.45, 7) is 1.41. The molecule has 4 nitrogen and oxygen atoms in total. The number of benzene rings is 1. The first-order chi connectivity index (χ1) is 12.6. The maximum Gasteiger partial charge on any atom is 0.435 e. The largest absolute Gasteiger partial charge is 0.435 e. The van der Waals surface area contributed by atoms with Gasteiger partial charge in [0.05, 0.1) is 5.01 Å². The standard InChI is InChI=1S/C17H10Cl2F3N3OS/c1-8-23-15(17(20,21)22)14(27-8)16(26)24-11-5-3-2-4-10(11)9-6-12(18)25-13(19)7-9/h2-7H,1H3,(H,24,26). The third kappa shape index (κ3) is 4.40. The number of thiazole rings is 1. The van der Waals surface area contributed by atoms with Crippen molar-refractivity contribution >= 4 is 46.1 Å². The lowest BCUT2D eigenvalue weighted by Gasteiger charge is -2.12. The molecule has 0 spiro atoms. The van der Waals surface area contributed by atoms with Crippen LogP contribution < -0.4 is 5.32 Å².